The molecule has 2 heterocycles. The lowest BCUT2D eigenvalue weighted by Crippen LogP contribution is -2.29. The second-order valence-corrected chi connectivity index (χ2v) is 5.99. The van der Waals surface area contributed by atoms with Crippen LogP contribution in [0.5, 0.6) is 0 Å². The van der Waals surface area contributed by atoms with E-state index >= 15 is 0 Å². The summed E-state index contributed by atoms with van der Waals surface area (Å²) in [5.41, 5.74) is 1.93. The SMILES string of the molecule is Brc1ccc(N2CCC3(CCNC3)C2)cc1. The van der Waals surface area contributed by atoms with E-state index in [4.69, 9.17) is 0 Å². The number of anilines is 1. The monoisotopic (exact) mass is 280 g/mol. The van der Waals surface area contributed by atoms with Gasteiger partial charge in [-0.25, -0.2) is 0 Å². The Hall–Kier alpha value is -0.540. The van der Waals surface area contributed by atoms with E-state index in [9.17, 15) is 0 Å². The fourth-order valence-electron chi connectivity index (χ4n) is 2.95. The maximum Gasteiger partial charge on any atom is 0.0367 e. The molecular formula is C13H17BrN2. The summed E-state index contributed by atoms with van der Waals surface area (Å²) in [6.07, 6.45) is 2.69. The molecule has 16 heavy (non-hydrogen) atoms. The molecule has 1 aromatic rings. The summed E-state index contributed by atoms with van der Waals surface area (Å²) in [5.74, 6) is 0. The van der Waals surface area contributed by atoms with Gasteiger partial charge in [0.25, 0.3) is 0 Å². The van der Waals surface area contributed by atoms with Gasteiger partial charge >= 0.3 is 0 Å². The lowest BCUT2D eigenvalue weighted by molar-refractivity contribution is 0.369. The van der Waals surface area contributed by atoms with Crippen molar-refractivity contribution >= 4 is 21.6 Å². The summed E-state index contributed by atoms with van der Waals surface area (Å²) in [4.78, 5) is 2.53. The minimum atomic E-state index is 0.563. The number of halogens is 1. The third kappa shape index (κ3) is 1.87. The number of hydrogen-bond donors (Lipinski definition) is 1. The molecule has 2 aliphatic rings. The summed E-state index contributed by atoms with van der Waals surface area (Å²) in [5, 5.41) is 3.50. The smallest absolute Gasteiger partial charge is 0.0367 e. The number of benzene rings is 1. The molecule has 1 atom stereocenters. The third-order valence-electron chi connectivity index (χ3n) is 3.96. The Labute approximate surface area is 105 Å². The Kier molecular flexibility index (Phi) is 2.68. The highest BCUT2D eigenvalue weighted by atomic mass is 79.9. The van der Waals surface area contributed by atoms with Crippen LogP contribution in [-0.2, 0) is 0 Å². The first-order chi connectivity index (χ1) is 7.77. The molecular weight excluding hydrogens is 264 g/mol. The van der Waals surface area contributed by atoms with Gasteiger partial charge in [0, 0.05) is 35.2 Å². The van der Waals surface area contributed by atoms with Crippen molar-refractivity contribution in [3.8, 4) is 0 Å². The first kappa shape index (κ1) is 10.6. The first-order valence-corrected chi connectivity index (χ1v) is 6.78. The second kappa shape index (κ2) is 4.04. The minimum absolute atomic E-state index is 0.563. The van der Waals surface area contributed by atoms with Gasteiger partial charge < -0.3 is 10.2 Å². The van der Waals surface area contributed by atoms with Gasteiger partial charge in [-0.3, -0.25) is 0 Å². The maximum atomic E-state index is 3.50. The molecule has 0 amide bonds. The zero-order valence-corrected chi connectivity index (χ0v) is 11.0. The van der Waals surface area contributed by atoms with Crippen LogP contribution in [0, 0.1) is 5.41 Å². The summed E-state index contributed by atoms with van der Waals surface area (Å²) in [6, 6.07) is 8.69. The zero-order valence-electron chi connectivity index (χ0n) is 9.38. The van der Waals surface area contributed by atoms with Crippen molar-refractivity contribution in [2.75, 3.05) is 31.1 Å². The molecule has 1 unspecified atom stereocenters. The average molecular weight is 281 g/mol. The standard InChI is InChI=1S/C13H17BrN2/c14-11-1-3-12(4-2-11)16-8-6-13(10-16)5-7-15-9-13/h1-4,15H,5-10H2. The summed E-state index contributed by atoms with van der Waals surface area (Å²) < 4.78 is 1.16. The largest absolute Gasteiger partial charge is 0.371 e. The van der Waals surface area contributed by atoms with Gasteiger partial charge in [-0.15, -0.1) is 0 Å². The first-order valence-electron chi connectivity index (χ1n) is 5.99. The lowest BCUT2D eigenvalue weighted by Gasteiger charge is -2.24. The van der Waals surface area contributed by atoms with Gasteiger partial charge in [0.1, 0.15) is 0 Å². The molecule has 0 radical (unpaired) electrons. The van der Waals surface area contributed by atoms with Crippen LogP contribution in [0.1, 0.15) is 12.8 Å². The molecule has 0 aliphatic carbocycles. The number of rotatable bonds is 1. The van der Waals surface area contributed by atoms with Crippen LogP contribution in [0.2, 0.25) is 0 Å². The van der Waals surface area contributed by atoms with Crippen molar-refractivity contribution in [2.45, 2.75) is 12.8 Å². The van der Waals surface area contributed by atoms with E-state index in [1.165, 1.54) is 44.7 Å². The van der Waals surface area contributed by atoms with Crippen LogP contribution in [0.25, 0.3) is 0 Å². The molecule has 2 fully saturated rings. The Morgan fingerprint density at radius 2 is 2.00 bits per heavy atom. The van der Waals surface area contributed by atoms with Crippen LogP contribution in [0.4, 0.5) is 5.69 Å². The average Bonchev–Trinajstić information content (AvgIpc) is 2.91. The van der Waals surface area contributed by atoms with Crippen molar-refractivity contribution < 1.29 is 0 Å². The van der Waals surface area contributed by atoms with Gasteiger partial charge in [0.2, 0.25) is 0 Å². The highest BCUT2D eigenvalue weighted by molar-refractivity contribution is 9.10. The Morgan fingerprint density at radius 1 is 1.19 bits per heavy atom. The Bertz CT molecular complexity index is 368. The van der Waals surface area contributed by atoms with Gasteiger partial charge in [-0.1, -0.05) is 15.9 Å². The van der Waals surface area contributed by atoms with E-state index in [0.717, 1.165) is 4.47 Å². The quantitative estimate of drug-likeness (QED) is 0.851. The zero-order chi connectivity index (χ0) is 11.0. The van der Waals surface area contributed by atoms with Crippen molar-refractivity contribution in [3.05, 3.63) is 28.7 Å². The van der Waals surface area contributed by atoms with Crippen LogP contribution < -0.4 is 10.2 Å². The van der Waals surface area contributed by atoms with E-state index in [1.54, 1.807) is 0 Å². The van der Waals surface area contributed by atoms with Crippen molar-refractivity contribution in [1.29, 1.82) is 0 Å². The van der Waals surface area contributed by atoms with Crippen molar-refractivity contribution in [1.82, 2.24) is 5.32 Å². The summed E-state index contributed by atoms with van der Waals surface area (Å²) in [7, 11) is 0. The highest BCUT2D eigenvalue weighted by Gasteiger charge is 2.40. The van der Waals surface area contributed by atoms with Crippen LogP contribution in [0.3, 0.4) is 0 Å². The predicted octanol–water partition coefficient (Wildman–Crippen LogP) is 2.64. The molecule has 1 N–H and O–H groups in total. The molecule has 86 valence electrons. The highest BCUT2D eigenvalue weighted by Crippen LogP contribution is 2.38. The fourth-order valence-corrected chi connectivity index (χ4v) is 3.22. The molecule has 0 bridgehead atoms. The molecule has 2 saturated heterocycles. The normalized spacial score (nSPS) is 29.2. The van der Waals surface area contributed by atoms with Gasteiger partial charge in [-0.05, 0) is 43.7 Å². The Balaban J connectivity index is 1.75. The maximum absolute atomic E-state index is 3.50. The van der Waals surface area contributed by atoms with Gasteiger partial charge in [0.15, 0.2) is 0 Å². The van der Waals surface area contributed by atoms with Gasteiger partial charge in [0.05, 0.1) is 0 Å². The van der Waals surface area contributed by atoms with Crippen molar-refractivity contribution in [2.24, 2.45) is 5.41 Å². The van der Waals surface area contributed by atoms with E-state index in [0.29, 0.717) is 5.41 Å². The molecule has 2 nitrogen and oxygen atoms in total. The topological polar surface area (TPSA) is 15.3 Å². The van der Waals surface area contributed by atoms with Crippen LogP contribution in [0.15, 0.2) is 28.7 Å². The molecule has 3 heteroatoms. The molecule has 1 spiro atoms. The number of nitrogens with zero attached hydrogens (tertiary/aromatic N) is 1. The second-order valence-electron chi connectivity index (χ2n) is 5.07. The van der Waals surface area contributed by atoms with Gasteiger partial charge in [-0.2, -0.15) is 0 Å². The molecule has 0 aromatic heterocycles. The molecule has 0 saturated carbocycles. The van der Waals surface area contributed by atoms with E-state index in [-0.39, 0.29) is 0 Å². The minimum Gasteiger partial charge on any atom is -0.371 e. The van der Waals surface area contributed by atoms with E-state index in [1.807, 2.05) is 0 Å². The molecule has 1 aromatic carbocycles. The number of hydrogen-bond acceptors (Lipinski definition) is 2. The fraction of sp³-hybridized carbons (Fsp3) is 0.538. The summed E-state index contributed by atoms with van der Waals surface area (Å²) >= 11 is 3.49. The van der Waals surface area contributed by atoms with E-state index < -0.39 is 0 Å². The summed E-state index contributed by atoms with van der Waals surface area (Å²) in [6.45, 7) is 4.85. The molecule has 2 aliphatic heterocycles. The van der Waals surface area contributed by atoms with Crippen molar-refractivity contribution in [3.63, 3.8) is 0 Å². The molecule has 3 rings (SSSR count). The lowest BCUT2D eigenvalue weighted by atomic mass is 9.86. The van der Waals surface area contributed by atoms with Crippen LogP contribution >= 0.6 is 15.9 Å². The van der Waals surface area contributed by atoms with E-state index in [2.05, 4.69) is 50.4 Å². The van der Waals surface area contributed by atoms with Crippen LogP contribution in [-0.4, -0.2) is 26.2 Å². The Morgan fingerprint density at radius 3 is 2.69 bits per heavy atom. The number of nitrogens with one attached hydrogen (secondary N) is 1. The predicted molar refractivity (Wildman–Crippen MR) is 70.9 cm³/mol. The third-order valence-corrected chi connectivity index (χ3v) is 4.49.